The van der Waals surface area contributed by atoms with Gasteiger partial charge in [-0.2, -0.15) is 8.42 Å². The van der Waals surface area contributed by atoms with E-state index in [-0.39, 0.29) is 16.3 Å². The number of rotatable bonds is 6. The van der Waals surface area contributed by atoms with Crippen molar-refractivity contribution in [1.82, 2.24) is 0 Å². The number of sulfone groups is 1. The second-order valence-corrected chi connectivity index (χ2v) is 7.10. The van der Waals surface area contributed by atoms with Crippen molar-refractivity contribution in [3.05, 3.63) is 17.7 Å². The van der Waals surface area contributed by atoms with Gasteiger partial charge in [-0.05, 0) is 18.6 Å². The van der Waals surface area contributed by atoms with Gasteiger partial charge in [-0.3, -0.25) is 4.55 Å². The molecular formula is C10H15NO7S2. The van der Waals surface area contributed by atoms with E-state index in [1.165, 1.54) is 19.2 Å². The molecule has 10 heteroatoms. The second kappa shape index (κ2) is 5.95. The van der Waals surface area contributed by atoms with Crippen LogP contribution >= 0.6 is 0 Å². The smallest absolute Gasteiger partial charge is 0.397 e. The Balaban J connectivity index is 3.04. The Morgan fingerprint density at radius 1 is 1.25 bits per heavy atom. The summed E-state index contributed by atoms with van der Waals surface area (Å²) >= 11 is 0. The van der Waals surface area contributed by atoms with Gasteiger partial charge in [-0.25, -0.2) is 12.6 Å². The highest BCUT2D eigenvalue weighted by molar-refractivity contribution is 7.91. The van der Waals surface area contributed by atoms with Crippen LogP contribution in [0, 0.1) is 6.92 Å². The number of methoxy groups -OCH3 is 1. The van der Waals surface area contributed by atoms with Gasteiger partial charge in [0.15, 0.2) is 9.84 Å². The zero-order valence-electron chi connectivity index (χ0n) is 10.9. The maximum Gasteiger partial charge on any atom is 0.397 e. The summed E-state index contributed by atoms with van der Waals surface area (Å²) in [7, 11) is -7.12. The summed E-state index contributed by atoms with van der Waals surface area (Å²) in [5.74, 6) is -0.411. The molecule has 0 aliphatic rings. The van der Waals surface area contributed by atoms with Gasteiger partial charge in [0.05, 0.1) is 30.1 Å². The molecule has 3 N–H and O–H groups in total. The molecular weight excluding hydrogens is 310 g/mol. The number of aryl methyl sites for hydroxylation is 1. The van der Waals surface area contributed by atoms with E-state index in [4.69, 9.17) is 15.0 Å². The standard InChI is InChI=1S/C10H15NO7S2/c1-7-5-8(11)9(17-2)6-10(7)19(12,13)4-3-18-20(14,15)16/h5-6H,3-4,11H2,1-2H3,(H,14,15,16). The third kappa shape index (κ3) is 4.34. The summed E-state index contributed by atoms with van der Waals surface area (Å²) in [4.78, 5) is -0.0394. The van der Waals surface area contributed by atoms with Crippen molar-refractivity contribution >= 4 is 25.9 Å². The van der Waals surface area contributed by atoms with Gasteiger partial charge in [-0.15, -0.1) is 0 Å². The highest BCUT2D eigenvalue weighted by Gasteiger charge is 2.20. The van der Waals surface area contributed by atoms with E-state index in [1.54, 1.807) is 6.92 Å². The van der Waals surface area contributed by atoms with Crippen LogP contribution in [0.25, 0.3) is 0 Å². The van der Waals surface area contributed by atoms with E-state index in [0.29, 0.717) is 5.56 Å². The zero-order chi connectivity index (χ0) is 15.6. The molecule has 8 nitrogen and oxygen atoms in total. The van der Waals surface area contributed by atoms with Crippen LogP contribution in [0.5, 0.6) is 5.75 Å². The first kappa shape index (κ1) is 16.7. The summed E-state index contributed by atoms with van der Waals surface area (Å²) in [6.07, 6.45) is 0. The fraction of sp³-hybridized carbons (Fsp3) is 0.400. The molecule has 0 amide bonds. The van der Waals surface area contributed by atoms with E-state index in [1.807, 2.05) is 0 Å². The maximum atomic E-state index is 12.1. The van der Waals surface area contributed by atoms with Crippen LogP contribution in [0.2, 0.25) is 0 Å². The summed E-state index contributed by atoms with van der Waals surface area (Å²) in [5.41, 5.74) is 6.33. The largest absolute Gasteiger partial charge is 0.495 e. The fourth-order valence-electron chi connectivity index (χ4n) is 1.56. The topological polar surface area (TPSA) is 133 Å². The van der Waals surface area contributed by atoms with Crippen molar-refractivity contribution in [3.8, 4) is 5.75 Å². The van der Waals surface area contributed by atoms with Crippen LogP contribution in [0.3, 0.4) is 0 Å². The lowest BCUT2D eigenvalue weighted by molar-refractivity contribution is 0.284. The molecule has 1 aromatic rings. The number of ether oxygens (including phenoxy) is 1. The molecule has 0 bridgehead atoms. The van der Waals surface area contributed by atoms with Gasteiger partial charge in [0.1, 0.15) is 5.75 Å². The number of benzene rings is 1. The first-order valence-corrected chi connectivity index (χ1v) is 8.37. The molecule has 20 heavy (non-hydrogen) atoms. The fourth-order valence-corrected chi connectivity index (χ4v) is 3.32. The molecule has 0 saturated heterocycles. The van der Waals surface area contributed by atoms with E-state index >= 15 is 0 Å². The minimum absolute atomic E-state index is 0.0394. The number of hydrogen-bond donors (Lipinski definition) is 2. The van der Waals surface area contributed by atoms with Gasteiger partial charge in [0, 0.05) is 6.07 Å². The van der Waals surface area contributed by atoms with Crippen molar-refractivity contribution in [3.63, 3.8) is 0 Å². The van der Waals surface area contributed by atoms with Crippen molar-refractivity contribution in [1.29, 1.82) is 0 Å². The molecule has 0 unspecified atom stereocenters. The van der Waals surface area contributed by atoms with Crippen molar-refractivity contribution in [2.24, 2.45) is 0 Å². The van der Waals surface area contributed by atoms with Crippen molar-refractivity contribution < 1.29 is 30.3 Å². The van der Waals surface area contributed by atoms with Crippen LogP contribution < -0.4 is 10.5 Å². The molecule has 0 fully saturated rings. The molecule has 1 rings (SSSR count). The molecule has 0 heterocycles. The zero-order valence-corrected chi connectivity index (χ0v) is 12.5. The minimum atomic E-state index is -4.67. The predicted octanol–water partition coefficient (Wildman–Crippen LogP) is 0.179. The SMILES string of the molecule is COc1cc(S(=O)(=O)CCOS(=O)(=O)O)c(C)cc1N. The summed E-state index contributed by atoms with van der Waals surface area (Å²) in [6.45, 7) is 0.861. The van der Waals surface area contributed by atoms with Gasteiger partial charge in [-0.1, -0.05) is 0 Å². The van der Waals surface area contributed by atoms with Crippen LogP contribution in [0.4, 0.5) is 5.69 Å². The average molecular weight is 325 g/mol. The quantitative estimate of drug-likeness (QED) is 0.559. The molecule has 0 spiro atoms. The Morgan fingerprint density at radius 2 is 1.85 bits per heavy atom. The Morgan fingerprint density at radius 3 is 2.35 bits per heavy atom. The predicted molar refractivity (Wildman–Crippen MR) is 71.7 cm³/mol. The van der Waals surface area contributed by atoms with Gasteiger partial charge >= 0.3 is 10.4 Å². The van der Waals surface area contributed by atoms with Crippen LogP contribution in [0.15, 0.2) is 17.0 Å². The highest BCUT2D eigenvalue weighted by atomic mass is 32.3. The highest BCUT2D eigenvalue weighted by Crippen LogP contribution is 2.28. The maximum absolute atomic E-state index is 12.1. The first-order chi connectivity index (χ1) is 9.07. The Hall–Kier alpha value is -1.36. The molecule has 1 aromatic carbocycles. The summed E-state index contributed by atoms with van der Waals surface area (Å²) in [6, 6.07) is 2.70. The lowest BCUT2D eigenvalue weighted by Gasteiger charge is -2.11. The first-order valence-electron chi connectivity index (χ1n) is 5.35. The number of nitrogen functional groups attached to an aromatic ring is 1. The second-order valence-electron chi connectivity index (χ2n) is 3.93. The lowest BCUT2D eigenvalue weighted by atomic mass is 10.2. The van der Waals surface area contributed by atoms with Crippen LogP contribution in [-0.4, -0.2) is 40.9 Å². The van der Waals surface area contributed by atoms with E-state index in [9.17, 15) is 16.8 Å². The number of hydrogen-bond acceptors (Lipinski definition) is 7. The third-order valence-corrected chi connectivity index (χ3v) is 4.73. The molecule has 0 aliphatic carbocycles. The Kier molecular flexibility index (Phi) is 4.97. The Bertz CT molecular complexity index is 695. The van der Waals surface area contributed by atoms with E-state index in [2.05, 4.69) is 4.18 Å². The lowest BCUT2D eigenvalue weighted by Crippen LogP contribution is -2.16. The van der Waals surface area contributed by atoms with Gasteiger partial charge < -0.3 is 10.5 Å². The van der Waals surface area contributed by atoms with Gasteiger partial charge in [0.2, 0.25) is 0 Å². The molecule has 0 radical (unpaired) electrons. The molecule has 0 aliphatic heterocycles. The Labute approximate surface area is 117 Å². The molecule has 0 aromatic heterocycles. The van der Waals surface area contributed by atoms with Crippen LogP contribution in [-0.2, 0) is 24.4 Å². The number of nitrogens with two attached hydrogens (primary N) is 1. The number of anilines is 1. The van der Waals surface area contributed by atoms with E-state index < -0.39 is 32.6 Å². The van der Waals surface area contributed by atoms with Gasteiger partial charge in [0.25, 0.3) is 0 Å². The van der Waals surface area contributed by atoms with Crippen molar-refractivity contribution in [2.75, 3.05) is 25.2 Å². The average Bonchev–Trinajstić information content (AvgIpc) is 2.26. The monoisotopic (exact) mass is 325 g/mol. The molecule has 114 valence electrons. The normalized spacial score (nSPS) is 12.3. The molecule has 0 atom stereocenters. The van der Waals surface area contributed by atoms with Crippen molar-refractivity contribution in [2.45, 2.75) is 11.8 Å². The van der Waals surface area contributed by atoms with E-state index in [0.717, 1.165) is 0 Å². The summed E-state index contributed by atoms with van der Waals surface area (Å²) in [5, 5.41) is 0. The molecule has 0 saturated carbocycles. The third-order valence-electron chi connectivity index (χ3n) is 2.45. The van der Waals surface area contributed by atoms with Crippen LogP contribution in [0.1, 0.15) is 5.56 Å². The minimum Gasteiger partial charge on any atom is -0.495 e. The summed E-state index contributed by atoms with van der Waals surface area (Å²) < 4.78 is 62.2.